The summed E-state index contributed by atoms with van der Waals surface area (Å²) < 4.78 is 0. The largest absolute Gasteiger partial charge is 0.343 e. The van der Waals surface area contributed by atoms with E-state index in [1.54, 1.807) is 0 Å². The van der Waals surface area contributed by atoms with E-state index in [1.807, 2.05) is 0 Å². The molecule has 0 unspecified atom stereocenters. The zero-order valence-corrected chi connectivity index (χ0v) is 4.11. The Kier molecular flexibility index (Phi) is 4.76. The molecule has 35 valence electrons. The third-order valence-corrected chi connectivity index (χ3v) is 0.612. The number of rotatable bonds is 3. The van der Waals surface area contributed by atoms with Crippen molar-refractivity contribution in [2.24, 2.45) is 0 Å². The van der Waals surface area contributed by atoms with Gasteiger partial charge >= 0.3 is 0 Å². The molecule has 0 rings (SSSR count). The van der Waals surface area contributed by atoms with Crippen LogP contribution in [0.15, 0.2) is 0 Å². The van der Waals surface area contributed by atoms with E-state index in [4.69, 9.17) is 0 Å². The molecule has 0 nitrogen and oxygen atoms in total. The third kappa shape index (κ3) is 3.87. The SMILES string of the molecule is [CH2+]CC[CH]C[CH2-]. The first kappa shape index (κ1) is 5.87. The van der Waals surface area contributed by atoms with Crippen LogP contribution in [0.5, 0.6) is 0 Å². The summed E-state index contributed by atoms with van der Waals surface area (Å²) >= 11 is 0. The van der Waals surface area contributed by atoms with Gasteiger partial charge in [-0.15, -0.1) is 0 Å². The molecule has 0 spiro atoms. The lowest BCUT2D eigenvalue weighted by Crippen LogP contribution is -1.68. The fourth-order valence-electron chi connectivity index (χ4n) is 0.289. The second-order valence-corrected chi connectivity index (χ2v) is 1.22. The van der Waals surface area contributed by atoms with Gasteiger partial charge in [-0.25, -0.2) is 0 Å². The summed E-state index contributed by atoms with van der Waals surface area (Å²) in [7, 11) is 0. The van der Waals surface area contributed by atoms with Gasteiger partial charge in [0.2, 0.25) is 0 Å². The molecule has 0 aromatic carbocycles. The number of hydrogen-bond donors (Lipinski definition) is 0. The number of unbranched alkanes of at least 4 members (excludes halogenated alkanes) is 3. The molecule has 1 radical (unpaired) electrons. The minimum atomic E-state index is 0.940. The van der Waals surface area contributed by atoms with Crippen molar-refractivity contribution in [1.82, 2.24) is 0 Å². The summed E-state index contributed by atoms with van der Waals surface area (Å²) in [5.74, 6) is 0. The van der Waals surface area contributed by atoms with Crippen LogP contribution in [0.3, 0.4) is 0 Å². The Morgan fingerprint density at radius 3 is 2.50 bits per heavy atom. The van der Waals surface area contributed by atoms with Crippen LogP contribution in [0, 0.1) is 20.3 Å². The zero-order valence-electron chi connectivity index (χ0n) is 4.11. The van der Waals surface area contributed by atoms with Crippen molar-refractivity contribution in [3.05, 3.63) is 20.3 Å². The fraction of sp³-hybridized carbons (Fsp3) is 0.500. The van der Waals surface area contributed by atoms with Gasteiger partial charge in [0.05, 0.1) is 13.3 Å². The maximum Gasteiger partial charge on any atom is 0.0852 e. The standard InChI is InChI=1S/C6H11/c1-3-5-6-4-2/h5H,1-4,6H2. The van der Waals surface area contributed by atoms with Gasteiger partial charge in [-0.1, -0.05) is 6.42 Å². The van der Waals surface area contributed by atoms with Crippen molar-refractivity contribution in [2.45, 2.75) is 19.3 Å². The first-order valence-corrected chi connectivity index (χ1v) is 2.32. The highest BCUT2D eigenvalue weighted by Gasteiger charge is 1.77. The van der Waals surface area contributed by atoms with Crippen LogP contribution < -0.4 is 0 Å². The van der Waals surface area contributed by atoms with E-state index in [0.29, 0.717) is 0 Å². The average molecular weight is 83.2 g/mol. The maximum atomic E-state index is 3.66. The normalized spacial score (nSPS) is 8.83. The lowest BCUT2D eigenvalue weighted by atomic mass is 10.2. The van der Waals surface area contributed by atoms with Crippen LogP contribution in [0.1, 0.15) is 19.3 Å². The molecule has 0 amide bonds. The highest BCUT2D eigenvalue weighted by Crippen LogP contribution is 1.93. The smallest absolute Gasteiger partial charge is 0.0852 e. The van der Waals surface area contributed by atoms with E-state index in [0.717, 1.165) is 19.3 Å². The minimum Gasteiger partial charge on any atom is -0.343 e. The molecule has 0 fully saturated rings. The van der Waals surface area contributed by atoms with Crippen molar-refractivity contribution in [3.8, 4) is 0 Å². The molecule has 0 atom stereocenters. The lowest BCUT2D eigenvalue weighted by Gasteiger charge is -1.87. The van der Waals surface area contributed by atoms with Gasteiger partial charge in [0.1, 0.15) is 0 Å². The Morgan fingerprint density at radius 2 is 2.33 bits per heavy atom. The molecular weight excluding hydrogens is 72.1 g/mol. The number of hydrogen-bond acceptors (Lipinski definition) is 0. The van der Waals surface area contributed by atoms with E-state index >= 15 is 0 Å². The predicted molar refractivity (Wildman–Crippen MR) is 28.9 cm³/mol. The van der Waals surface area contributed by atoms with Crippen molar-refractivity contribution in [1.29, 1.82) is 0 Å². The minimum absolute atomic E-state index is 0.940. The van der Waals surface area contributed by atoms with Crippen LogP contribution in [0.4, 0.5) is 0 Å². The Balaban J connectivity index is 2.34. The van der Waals surface area contributed by atoms with Crippen LogP contribution in [0.25, 0.3) is 0 Å². The lowest BCUT2D eigenvalue weighted by molar-refractivity contribution is 0.931. The van der Waals surface area contributed by atoms with Gasteiger partial charge < -0.3 is 6.92 Å². The summed E-state index contributed by atoms with van der Waals surface area (Å²) in [6.45, 7) is 7.30. The van der Waals surface area contributed by atoms with E-state index in [2.05, 4.69) is 20.3 Å². The van der Waals surface area contributed by atoms with Crippen LogP contribution >= 0.6 is 0 Å². The molecule has 0 heterocycles. The van der Waals surface area contributed by atoms with Crippen LogP contribution in [0.2, 0.25) is 0 Å². The Hall–Kier alpha value is -0.130. The quantitative estimate of drug-likeness (QED) is 0.362. The van der Waals surface area contributed by atoms with E-state index < -0.39 is 0 Å². The van der Waals surface area contributed by atoms with Crippen LogP contribution in [-0.2, 0) is 0 Å². The Morgan fingerprint density at radius 1 is 1.67 bits per heavy atom. The van der Waals surface area contributed by atoms with Gasteiger partial charge in [0, 0.05) is 0 Å². The molecule has 0 aliphatic heterocycles. The first-order chi connectivity index (χ1) is 2.91. The average Bonchev–Trinajstić information content (AvgIpc) is 1.61. The topological polar surface area (TPSA) is 0 Å². The predicted octanol–water partition coefficient (Wildman–Crippen LogP) is 2.03. The second-order valence-electron chi connectivity index (χ2n) is 1.22. The van der Waals surface area contributed by atoms with E-state index in [9.17, 15) is 0 Å². The van der Waals surface area contributed by atoms with Gasteiger partial charge in [-0.05, 0) is 6.42 Å². The molecule has 6 heavy (non-hydrogen) atoms. The molecular formula is C6H11. The molecule has 0 aromatic heterocycles. The summed E-state index contributed by atoms with van der Waals surface area (Å²) in [5.41, 5.74) is 0. The van der Waals surface area contributed by atoms with Crippen LogP contribution in [-0.4, -0.2) is 0 Å². The molecule has 0 aliphatic carbocycles. The third-order valence-electron chi connectivity index (χ3n) is 0.612. The molecule has 0 bridgehead atoms. The molecule has 0 saturated carbocycles. The van der Waals surface area contributed by atoms with Crippen molar-refractivity contribution >= 4 is 0 Å². The van der Waals surface area contributed by atoms with Gasteiger partial charge in [-0.2, -0.15) is 6.42 Å². The molecule has 0 N–H and O–H groups in total. The first-order valence-electron chi connectivity index (χ1n) is 2.32. The van der Waals surface area contributed by atoms with E-state index in [1.165, 1.54) is 0 Å². The van der Waals surface area contributed by atoms with Crippen molar-refractivity contribution < 1.29 is 0 Å². The monoisotopic (exact) mass is 83.1 g/mol. The summed E-state index contributed by atoms with van der Waals surface area (Å²) in [5, 5.41) is 0. The van der Waals surface area contributed by atoms with Crippen molar-refractivity contribution in [3.63, 3.8) is 0 Å². The summed E-state index contributed by atoms with van der Waals surface area (Å²) in [6, 6.07) is 0. The summed E-state index contributed by atoms with van der Waals surface area (Å²) in [6.07, 6.45) is 5.20. The highest BCUT2D eigenvalue weighted by molar-refractivity contribution is 4.64. The molecule has 0 saturated heterocycles. The van der Waals surface area contributed by atoms with Gasteiger partial charge in [0.25, 0.3) is 0 Å². The zero-order chi connectivity index (χ0) is 4.83. The Bertz CT molecular complexity index is 12.0. The molecule has 0 heteroatoms. The second kappa shape index (κ2) is 4.87. The maximum absolute atomic E-state index is 3.66. The highest BCUT2D eigenvalue weighted by atomic mass is 13.8. The molecule has 0 aliphatic rings. The van der Waals surface area contributed by atoms with Crippen molar-refractivity contribution in [2.75, 3.05) is 0 Å². The van der Waals surface area contributed by atoms with E-state index in [-0.39, 0.29) is 0 Å². The van der Waals surface area contributed by atoms with Gasteiger partial charge in [-0.3, -0.25) is 0 Å². The Labute approximate surface area is 40.6 Å². The summed E-state index contributed by atoms with van der Waals surface area (Å²) in [4.78, 5) is 0. The molecule has 0 aromatic rings. The van der Waals surface area contributed by atoms with Gasteiger partial charge in [0.15, 0.2) is 0 Å². The fourth-order valence-corrected chi connectivity index (χ4v) is 0.289.